The molecule has 24 heavy (non-hydrogen) atoms. The van der Waals surface area contributed by atoms with Gasteiger partial charge in [0.2, 0.25) is 0 Å². The highest BCUT2D eigenvalue weighted by atomic mass is 16.5. The van der Waals surface area contributed by atoms with Crippen LogP contribution in [-0.2, 0) is 22.7 Å². The summed E-state index contributed by atoms with van der Waals surface area (Å²) in [7, 11) is 0. The minimum atomic E-state index is -1.48. The Morgan fingerprint density at radius 3 is 1.29 bits per heavy atom. The lowest BCUT2D eigenvalue weighted by atomic mass is 10.1. The lowest BCUT2D eigenvalue weighted by Gasteiger charge is -2.28. The Kier molecular flexibility index (Phi) is 8.59. The highest BCUT2D eigenvalue weighted by molar-refractivity contribution is 5.02. The van der Waals surface area contributed by atoms with Crippen LogP contribution >= 0.6 is 0 Å². The SMILES string of the molecule is OCC(CO)(CO)OCc1cncc(COC(CO)(CO)CO)n1. The van der Waals surface area contributed by atoms with Gasteiger partial charge in [0.05, 0.1) is 76.6 Å². The normalized spacial score (nSPS) is 12.6. The predicted molar refractivity (Wildman–Crippen MR) is 79.6 cm³/mol. The van der Waals surface area contributed by atoms with Crippen LogP contribution in [0.15, 0.2) is 12.4 Å². The average molecular weight is 348 g/mol. The van der Waals surface area contributed by atoms with Crippen molar-refractivity contribution in [2.45, 2.75) is 24.4 Å². The lowest BCUT2D eigenvalue weighted by Crippen LogP contribution is -2.44. The Bertz CT molecular complexity index is 424. The molecule has 0 bridgehead atoms. The number of ether oxygens (including phenoxy) is 2. The van der Waals surface area contributed by atoms with E-state index < -0.39 is 50.8 Å². The fourth-order valence-corrected chi connectivity index (χ4v) is 1.62. The maximum absolute atomic E-state index is 9.19. The van der Waals surface area contributed by atoms with Crippen molar-refractivity contribution >= 4 is 0 Å². The molecule has 0 saturated heterocycles. The molecule has 0 unspecified atom stereocenters. The van der Waals surface area contributed by atoms with Crippen LogP contribution in [-0.4, -0.2) is 91.5 Å². The standard InChI is InChI=1S/C14H24N2O8/c17-5-13(6-18,7-19)23-3-11-1-15-2-12(16-11)4-24-14(8-20,9-21)10-22/h1-2,17-22H,3-10H2. The van der Waals surface area contributed by atoms with Crippen LogP contribution in [0.2, 0.25) is 0 Å². The summed E-state index contributed by atoms with van der Waals surface area (Å²) in [6.07, 6.45) is 2.80. The van der Waals surface area contributed by atoms with Crippen molar-refractivity contribution in [3.05, 3.63) is 23.8 Å². The van der Waals surface area contributed by atoms with Crippen LogP contribution in [0.4, 0.5) is 0 Å². The molecule has 10 nitrogen and oxygen atoms in total. The van der Waals surface area contributed by atoms with Gasteiger partial charge in [0.1, 0.15) is 11.2 Å². The first-order valence-electron chi connectivity index (χ1n) is 7.25. The zero-order valence-corrected chi connectivity index (χ0v) is 13.2. The zero-order valence-electron chi connectivity index (χ0n) is 13.2. The molecule has 1 rings (SSSR count). The van der Waals surface area contributed by atoms with Crippen molar-refractivity contribution in [3.63, 3.8) is 0 Å². The molecule has 0 spiro atoms. The summed E-state index contributed by atoms with van der Waals surface area (Å²) in [6, 6.07) is 0. The Morgan fingerprint density at radius 2 is 1.00 bits per heavy atom. The van der Waals surface area contributed by atoms with E-state index in [1.54, 1.807) is 0 Å². The van der Waals surface area contributed by atoms with Crippen LogP contribution in [0.5, 0.6) is 0 Å². The maximum Gasteiger partial charge on any atom is 0.137 e. The highest BCUT2D eigenvalue weighted by Crippen LogP contribution is 2.14. The smallest absolute Gasteiger partial charge is 0.137 e. The number of nitrogens with zero attached hydrogens (tertiary/aromatic N) is 2. The Hall–Kier alpha value is -1.24. The molecule has 0 aliphatic rings. The van der Waals surface area contributed by atoms with Crippen molar-refractivity contribution in [3.8, 4) is 0 Å². The van der Waals surface area contributed by atoms with Gasteiger partial charge in [0.25, 0.3) is 0 Å². The summed E-state index contributed by atoms with van der Waals surface area (Å²) in [5.41, 5.74) is -2.24. The molecule has 0 amide bonds. The number of rotatable bonds is 12. The van der Waals surface area contributed by atoms with Crippen molar-refractivity contribution in [1.82, 2.24) is 9.97 Å². The number of aromatic nitrogens is 2. The summed E-state index contributed by atoms with van der Waals surface area (Å²) in [6.45, 7) is -3.64. The third kappa shape index (κ3) is 5.40. The quantitative estimate of drug-likeness (QED) is 0.228. The van der Waals surface area contributed by atoms with E-state index in [4.69, 9.17) is 9.47 Å². The lowest BCUT2D eigenvalue weighted by molar-refractivity contribution is -0.143. The van der Waals surface area contributed by atoms with Gasteiger partial charge in [-0.15, -0.1) is 0 Å². The molecule has 138 valence electrons. The molecule has 1 aromatic rings. The monoisotopic (exact) mass is 348 g/mol. The summed E-state index contributed by atoms with van der Waals surface area (Å²) >= 11 is 0. The maximum atomic E-state index is 9.19. The van der Waals surface area contributed by atoms with Crippen LogP contribution < -0.4 is 0 Å². The van der Waals surface area contributed by atoms with Crippen LogP contribution in [0.25, 0.3) is 0 Å². The van der Waals surface area contributed by atoms with Crippen molar-refractivity contribution in [2.24, 2.45) is 0 Å². The van der Waals surface area contributed by atoms with Gasteiger partial charge in [-0.2, -0.15) is 0 Å². The van der Waals surface area contributed by atoms with Gasteiger partial charge in [0.15, 0.2) is 0 Å². The summed E-state index contributed by atoms with van der Waals surface area (Å²) < 4.78 is 10.6. The molecule has 0 aromatic carbocycles. The number of hydrogen-bond donors (Lipinski definition) is 6. The third-order valence-electron chi connectivity index (χ3n) is 3.52. The Labute approximate surface area is 139 Å². The fourth-order valence-electron chi connectivity index (χ4n) is 1.62. The molecule has 6 N–H and O–H groups in total. The molecule has 0 aliphatic heterocycles. The molecule has 0 saturated carbocycles. The van der Waals surface area contributed by atoms with E-state index in [9.17, 15) is 30.6 Å². The van der Waals surface area contributed by atoms with Crippen LogP contribution in [0.1, 0.15) is 11.4 Å². The van der Waals surface area contributed by atoms with E-state index in [2.05, 4.69) is 9.97 Å². The number of aliphatic hydroxyl groups excluding tert-OH is 6. The van der Waals surface area contributed by atoms with Crippen molar-refractivity contribution in [2.75, 3.05) is 39.6 Å². The number of aliphatic hydroxyl groups is 6. The van der Waals surface area contributed by atoms with E-state index >= 15 is 0 Å². The first-order valence-corrected chi connectivity index (χ1v) is 7.25. The van der Waals surface area contributed by atoms with Crippen LogP contribution in [0.3, 0.4) is 0 Å². The molecular formula is C14H24N2O8. The predicted octanol–water partition coefficient (Wildman–Crippen LogP) is -3.06. The number of hydrogen-bond acceptors (Lipinski definition) is 10. The van der Waals surface area contributed by atoms with E-state index in [-0.39, 0.29) is 13.2 Å². The fraction of sp³-hybridized carbons (Fsp3) is 0.714. The molecule has 0 aliphatic carbocycles. The van der Waals surface area contributed by atoms with Gasteiger partial charge in [-0.25, -0.2) is 4.98 Å². The first-order chi connectivity index (χ1) is 11.5. The zero-order chi connectivity index (χ0) is 18.1. The topological polar surface area (TPSA) is 166 Å². The Morgan fingerprint density at radius 1 is 0.667 bits per heavy atom. The molecular weight excluding hydrogens is 324 g/mol. The molecule has 1 heterocycles. The highest BCUT2D eigenvalue weighted by Gasteiger charge is 2.30. The van der Waals surface area contributed by atoms with Gasteiger partial charge < -0.3 is 40.1 Å². The second-order valence-corrected chi connectivity index (χ2v) is 5.39. The van der Waals surface area contributed by atoms with E-state index in [1.807, 2.05) is 0 Å². The summed E-state index contributed by atoms with van der Waals surface area (Å²) in [4.78, 5) is 8.13. The molecule has 0 radical (unpaired) electrons. The van der Waals surface area contributed by atoms with Gasteiger partial charge in [-0.1, -0.05) is 0 Å². The first kappa shape index (κ1) is 20.8. The third-order valence-corrected chi connectivity index (χ3v) is 3.52. The Balaban J connectivity index is 2.70. The minimum Gasteiger partial charge on any atom is -0.393 e. The van der Waals surface area contributed by atoms with E-state index in [0.717, 1.165) is 0 Å². The van der Waals surface area contributed by atoms with Gasteiger partial charge >= 0.3 is 0 Å². The van der Waals surface area contributed by atoms with Gasteiger partial charge in [0, 0.05) is 0 Å². The second-order valence-electron chi connectivity index (χ2n) is 5.39. The van der Waals surface area contributed by atoms with Crippen molar-refractivity contribution < 1.29 is 40.1 Å². The van der Waals surface area contributed by atoms with E-state index in [1.165, 1.54) is 12.4 Å². The molecule has 1 aromatic heterocycles. The largest absolute Gasteiger partial charge is 0.393 e. The van der Waals surface area contributed by atoms with Crippen molar-refractivity contribution in [1.29, 1.82) is 0 Å². The van der Waals surface area contributed by atoms with Crippen LogP contribution in [0, 0.1) is 0 Å². The average Bonchev–Trinajstić information content (AvgIpc) is 2.65. The molecule has 10 heteroatoms. The van der Waals surface area contributed by atoms with E-state index in [0.29, 0.717) is 11.4 Å². The summed E-state index contributed by atoms with van der Waals surface area (Å²) in [5.74, 6) is 0. The molecule has 0 fully saturated rings. The summed E-state index contributed by atoms with van der Waals surface area (Å²) in [5, 5.41) is 55.2. The minimum absolute atomic E-state index is 0.117. The van der Waals surface area contributed by atoms with Gasteiger partial charge in [-0.3, -0.25) is 4.98 Å². The second kappa shape index (κ2) is 9.91. The molecule has 0 atom stereocenters. The van der Waals surface area contributed by atoms with Gasteiger partial charge in [-0.05, 0) is 0 Å².